The van der Waals surface area contributed by atoms with Crippen molar-refractivity contribution in [2.24, 2.45) is 5.73 Å². The van der Waals surface area contributed by atoms with E-state index in [1.54, 1.807) is 13.0 Å². The van der Waals surface area contributed by atoms with E-state index in [1.807, 2.05) is 11.0 Å². The Kier molecular flexibility index (Phi) is 3.97. The predicted molar refractivity (Wildman–Crippen MR) is 68.5 cm³/mol. The van der Waals surface area contributed by atoms with Crippen LogP contribution in [0.2, 0.25) is 0 Å². The Morgan fingerprint density at radius 3 is 3.00 bits per heavy atom. The van der Waals surface area contributed by atoms with Crippen LogP contribution in [0.5, 0.6) is 0 Å². The highest BCUT2D eigenvalue weighted by molar-refractivity contribution is 5.73. The Hall–Kier alpha value is -1.42. The van der Waals surface area contributed by atoms with Gasteiger partial charge < -0.3 is 10.6 Å². The smallest absolute Gasteiger partial charge is 0.219 e. The molecule has 1 amide bonds. The number of rotatable bonds is 2. The molecular formula is C14H19FN2O. The van der Waals surface area contributed by atoms with E-state index in [2.05, 4.69) is 0 Å². The van der Waals surface area contributed by atoms with Crippen molar-refractivity contribution in [3.63, 3.8) is 0 Å². The van der Waals surface area contributed by atoms with Crippen LogP contribution in [0.4, 0.5) is 4.39 Å². The number of halogens is 1. The van der Waals surface area contributed by atoms with Crippen molar-refractivity contribution in [2.75, 3.05) is 6.54 Å². The summed E-state index contributed by atoms with van der Waals surface area (Å²) >= 11 is 0. The minimum atomic E-state index is -0.244. The van der Waals surface area contributed by atoms with Gasteiger partial charge in [-0.25, -0.2) is 4.39 Å². The number of amides is 1. The zero-order valence-corrected chi connectivity index (χ0v) is 10.6. The van der Waals surface area contributed by atoms with Gasteiger partial charge in [-0.15, -0.1) is 0 Å². The standard InChI is InChI=1S/C14H19FN2O/c1-10(18)17-7-3-6-13(16)14(17)9-11-4-2-5-12(15)8-11/h2,4-5,8,13-14H,3,6-7,9,16H2,1H3/t13-,14-/m0/s1. The monoisotopic (exact) mass is 250 g/mol. The Morgan fingerprint density at radius 1 is 1.56 bits per heavy atom. The third-order valence-electron chi connectivity index (χ3n) is 3.57. The minimum absolute atomic E-state index is 0.0157. The minimum Gasteiger partial charge on any atom is -0.338 e. The summed E-state index contributed by atoms with van der Waals surface area (Å²) in [6.45, 7) is 2.32. The van der Waals surface area contributed by atoms with Gasteiger partial charge in [0, 0.05) is 19.5 Å². The Bertz CT molecular complexity index is 436. The van der Waals surface area contributed by atoms with E-state index in [-0.39, 0.29) is 23.8 Å². The molecule has 0 unspecified atom stereocenters. The van der Waals surface area contributed by atoms with E-state index in [1.165, 1.54) is 12.1 Å². The Labute approximate surface area is 107 Å². The fraction of sp³-hybridized carbons (Fsp3) is 0.500. The summed E-state index contributed by atoms with van der Waals surface area (Å²) in [6.07, 6.45) is 2.49. The second-order valence-electron chi connectivity index (χ2n) is 4.92. The molecule has 1 aromatic rings. The van der Waals surface area contributed by atoms with Crippen molar-refractivity contribution in [1.82, 2.24) is 4.90 Å². The molecule has 1 aromatic carbocycles. The second kappa shape index (κ2) is 5.48. The average Bonchev–Trinajstić information content (AvgIpc) is 2.31. The van der Waals surface area contributed by atoms with Gasteiger partial charge >= 0.3 is 0 Å². The highest BCUT2D eigenvalue weighted by Gasteiger charge is 2.30. The molecule has 1 fully saturated rings. The van der Waals surface area contributed by atoms with Gasteiger partial charge in [-0.05, 0) is 37.0 Å². The molecule has 0 aromatic heterocycles. The first-order valence-corrected chi connectivity index (χ1v) is 6.35. The molecule has 2 atom stereocenters. The van der Waals surface area contributed by atoms with Gasteiger partial charge in [0.2, 0.25) is 5.91 Å². The highest BCUT2D eigenvalue weighted by atomic mass is 19.1. The van der Waals surface area contributed by atoms with Gasteiger partial charge in [0.05, 0.1) is 6.04 Å². The largest absolute Gasteiger partial charge is 0.338 e. The van der Waals surface area contributed by atoms with Crippen molar-refractivity contribution in [3.8, 4) is 0 Å². The Morgan fingerprint density at radius 2 is 2.33 bits per heavy atom. The summed E-state index contributed by atoms with van der Waals surface area (Å²) in [7, 11) is 0. The van der Waals surface area contributed by atoms with E-state index in [4.69, 9.17) is 5.73 Å². The van der Waals surface area contributed by atoms with Crippen LogP contribution in [0.1, 0.15) is 25.3 Å². The zero-order chi connectivity index (χ0) is 13.1. The maximum Gasteiger partial charge on any atom is 0.219 e. The molecular weight excluding hydrogens is 231 g/mol. The number of hydrogen-bond acceptors (Lipinski definition) is 2. The van der Waals surface area contributed by atoms with Crippen LogP contribution in [0.3, 0.4) is 0 Å². The number of carbonyl (C=O) groups is 1. The second-order valence-corrected chi connectivity index (χ2v) is 4.92. The fourth-order valence-corrected chi connectivity index (χ4v) is 2.64. The van der Waals surface area contributed by atoms with E-state index < -0.39 is 0 Å². The highest BCUT2D eigenvalue weighted by Crippen LogP contribution is 2.20. The molecule has 1 heterocycles. The molecule has 1 aliphatic heterocycles. The van der Waals surface area contributed by atoms with Crippen LogP contribution in [-0.2, 0) is 11.2 Å². The summed E-state index contributed by atoms with van der Waals surface area (Å²) in [5.41, 5.74) is 7.00. The maximum atomic E-state index is 13.2. The van der Waals surface area contributed by atoms with E-state index in [0.717, 1.165) is 24.9 Å². The third-order valence-corrected chi connectivity index (χ3v) is 3.57. The number of likely N-dealkylation sites (tertiary alicyclic amines) is 1. The third kappa shape index (κ3) is 2.88. The van der Waals surface area contributed by atoms with E-state index >= 15 is 0 Å². The lowest BCUT2D eigenvalue weighted by Crippen LogP contribution is -2.54. The van der Waals surface area contributed by atoms with Gasteiger partial charge in [-0.1, -0.05) is 12.1 Å². The topological polar surface area (TPSA) is 46.3 Å². The maximum absolute atomic E-state index is 13.2. The molecule has 0 bridgehead atoms. The predicted octanol–water partition coefficient (Wildman–Crippen LogP) is 1.71. The summed E-state index contributed by atoms with van der Waals surface area (Å²) < 4.78 is 13.2. The molecule has 4 heteroatoms. The number of piperidine rings is 1. The fourth-order valence-electron chi connectivity index (χ4n) is 2.64. The van der Waals surface area contributed by atoms with Crippen LogP contribution < -0.4 is 5.73 Å². The molecule has 3 nitrogen and oxygen atoms in total. The summed E-state index contributed by atoms with van der Waals surface area (Å²) in [5, 5.41) is 0. The SMILES string of the molecule is CC(=O)N1CCC[C@H](N)[C@@H]1Cc1cccc(F)c1. The van der Waals surface area contributed by atoms with Crippen molar-refractivity contribution in [2.45, 2.75) is 38.3 Å². The summed E-state index contributed by atoms with van der Waals surface area (Å²) in [4.78, 5) is 13.4. The molecule has 2 N–H and O–H groups in total. The molecule has 1 saturated heterocycles. The summed E-state index contributed by atoms with van der Waals surface area (Å²) in [5.74, 6) is -0.196. The van der Waals surface area contributed by atoms with Crippen LogP contribution in [-0.4, -0.2) is 29.4 Å². The molecule has 0 radical (unpaired) electrons. The first-order valence-electron chi connectivity index (χ1n) is 6.35. The zero-order valence-electron chi connectivity index (χ0n) is 10.6. The summed E-state index contributed by atoms with van der Waals surface area (Å²) in [6, 6.07) is 6.47. The van der Waals surface area contributed by atoms with Crippen LogP contribution in [0.25, 0.3) is 0 Å². The van der Waals surface area contributed by atoms with Crippen LogP contribution in [0, 0.1) is 5.82 Å². The molecule has 0 aliphatic carbocycles. The number of benzene rings is 1. The Balaban J connectivity index is 2.15. The van der Waals surface area contributed by atoms with Crippen molar-refractivity contribution >= 4 is 5.91 Å². The average molecular weight is 250 g/mol. The van der Waals surface area contributed by atoms with Gasteiger partial charge in [-0.3, -0.25) is 4.79 Å². The quantitative estimate of drug-likeness (QED) is 0.868. The van der Waals surface area contributed by atoms with E-state index in [9.17, 15) is 9.18 Å². The van der Waals surface area contributed by atoms with Gasteiger partial charge in [-0.2, -0.15) is 0 Å². The number of nitrogens with two attached hydrogens (primary N) is 1. The first kappa shape index (κ1) is 13.0. The molecule has 0 saturated carbocycles. The van der Waals surface area contributed by atoms with Crippen molar-refractivity contribution in [3.05, 3.63) is 35.6 Å². The molecule has 18 heavy (non-hydrogen) atoms. The normalized spacial score (nSPS) is 24.1. The van der Waals surface area contributed by atoms with Gasteiger partial charge in [0.1, 0.15) is 5.82 Å². The van der Waals surface area contributed by atoms with Crippen molar-refractivity contribution in [1.29, 1.82) is 0 Å². The van der Waals surface area contributed by atoms with Crippen LogP contribution >= 0.6 is 0 Å². The number of carbonyl (C=O) groups excluding carboxylic acids is 1. The lowest BCUT2D eigenvalue weighted by molar-refractivity contribution is -0.132. The lowest BCUT2D eigenvalue weighted by Gasteiger charge is -2.39. The van der Waals surface area contributed by atoms with Crippen LogP contribution in [0.15, 0.2) is 24.3 Å². The molecule has 98 valence electrons. The first-order chi connectivity index (χ1) is 8.58. The van der Waals surface area contributed by atoms with Crippen molar-refractivity contribution < 1.29 is 9.18 Å². The number of hydrogen-bond donors (Lipinski definition) is 1. The van der Waals surface area contributed by atoms with Gasteiger partial charge in [0.25, 0.3) is 0 Å². The molecule has 2 rings (SSSR count). The molecule has 0 spiro atoms. The lowest BCUT2D eigenvalue weighted by atomic mass is 9.91. The van der Waals surface area contributed by atoms with E-state index in [0.29, 0.717) is 6.42 Å². The van der Waals surface area contributed by atoms with Gasteiger partial charge in [0.15, 0.2) is 0 Å². The number of nitrogens with zero attached hydrogens (tertiary/aromatic N) is 1. The molecule has 1 aliphatic rings.